The van der Waals surface area contributed by atoms with Crippen LogP contribution in [0.1, 0.15) is 20.3 Å². The van der Waals surface area contributed by atoms with E-state index in [1.54, 1.807) is 18.7 Å². The molecule has 4 atom stereocenters. The van der Waals surface area contributed by atoms with Crippen LogP contribution in [0.2, 0.25) is 0 Å². The molecule has 4 aliphatic rings. The van der Waals surface area contributed by atoms with Crippen molar-refractivity contribution < 1.29 is 19.8 Å². The summed E-state index contributed by atoms with van der Waals surface area (Å²) in [7, 11) is 0. The van der Waals surface area contributed by atoms with E-state index < -0.39 is 18.0 Å². The minimum Gasteiger partial charge on any atom is -0.477 e. The molecule has 0 aliphatic carbocycles. The Bertz CT molecular complexity index is 693. The lowest BCUT2D eigenvalue weighted by molar-refractivity contribution is -0.156. The third-order valence-electron chi connectivity index (χ3n) is 5.15. The fraction of sp³-hybridized carbons (Fsp3) is 0.625. The number of rotatable bonds is 5. The number of amides is 1. The highest BCUT2D eigenvalue weighted by Crippen LogP contribution is 2.56. The monoisotopic (exact) mass is 383 g/mol. The quantitative estimate of drug-likeness (QED) is 0.683. The van der Waals surface area contributed by atoms with Gasteiger partial charge in [-0.2, -0.15) is 0 Å². The minimum absolute atomic E-state index is 0.0892. The SMILES string of the molecule is CCN1C=C2C(SC3=C(C(=O)O)N4C(=O)[C@H]([C@@H](C)O)[C@H]4S3)CCN2C1. The van der Waals surface area contributed by atoms with Gasteiger partial charge in [0.2, 0.25) is 5.91 Å². The number of thioether (sulfide) groups is 2. The summed E-state index contributed by atoms with van der Waals surface area (Å²) in [6.07, 6.45) is 2.38. The molecule has 9 heteroatoms. The highest BCUT2D eigenvalue weighted by atomic mass is 32.2. The van der Waals surface area contributed by atoms with Crippen LogP contribution in [0.3, 0.4) is 0 Å². The Morgan fingerprint density at radius 3 is 2.92 bits per heavy atom. The van der Waals surface area contributed by atoms with Crippen molar-refractivity contribution in [1.82, 2.24) is 14.7 Å². The average molecular weight is 383 g/mol. The van der Waals surface area contributed by atoms with Gasteiger partial charge in [0.15, 0.2) is 5.70 Å². The summed E-state index contributed by atoms with van der Waals surface area (Å²) in [5.74, 6) is -1.87. The summed E-state index contributed by atoms with van der Waals surface area (Å²) in [5, 5.41) is 19.4. The van der Waals surface area contributed by atoms with E-state index in [0.717, 1.165) is 26.2 Å². The van der Waals surface area contributed by atoms with E-state index in [4.69, 9.17) is 0 Å². The van der Waals surface area contributed by atoms with E-state index in [0.29, 0.717) is 4.24 Å². The van der Waals surface area contributed by atoms with Crippen LogP contribution in [-0.4, -0.2) is 73.3 Å². The van der Waals surface area contributed by atoms with Gasteiger partial charge in [-0.05, 0) is 20.3 Å². The molecule has 0 aromatic rings. The molecule has 1 amide bonds. The number of fused-ring (bicyclic) bond motifs is 2. The molecule has 136 valence electrons. The van der Waals surface area contributed by atoms with Crippen LogP contribution < -0.4 is 0 Å². The Morgan fingerprint density at radius 2 is 2.28 bits per heavy atom. The maximum Gasteiger partial charge on any atom is 0.354 e. The van der Waals surface area contributed by atoms with Gasteiger partial charge in [0.05, 0.1) is 28.2 Å². The Balaban J connectivity index is 1.56. The highest BCUT2D eigenvalue weighted by Gasteiger charge is 2.58. The van der Waals surface area contributed by atoms with Gasteiger partial charge in [-0.15, -0.1) is 11.8 Å². The van der Waals surface area contributed by atoms with Gasteiger partial charge >= 0.3 is 5.97 Å². The largest absolute Gasteiger partial charge is 0.477 e. The first-order valence-electron chi connectivity index (χ1n) is 8.45. The van der Waals surface area contributed by atoms with Crippen LogP contribution in [0.25, 0.3) is 0 Å². The number of carboxylic acids is 1. The number of carboxylic acid groups (broad SMARTS) is 1. The van der Waals surface area contributed by atoms with Crippen molar-refractivity contribution >= 4 is 35.4 Å². The van der Waals surface area contributed by atoms with Crippen molar-refractivity contribution in [1.29, 1.82) is 0 Å². The second-order valence-electron chi connectivity index (χ2n) is 6.68. The molecule has 0 saturated carbocycles. The standard InChI is InChI=1S/C16H21N3O4S2/c1-3-17-6-9-10(4-5-18(9)7-17)24-16-12(15(22)23)19-13(21)11(8(2)20)14(19)25-16/h6,8,10-11,14,20H,3-5,7H2,1-2H3,(H,22,23)/t8-,10?,11+,14-/m1/s1. The van der Waals surface area contributed by atoms with Gasteiger partial charge < -0.3 is 20.0 Å². The topological polar surface area (TPSA) is 84.3 Å². The number of carbonyl (C=O) groups excluding carboxylic acids is 1. The van der Waals surface area contributed by atoms with Crippen molar-refractivity contribution in [2.75, 3.05) is 19.8 Å². The molecule has 25 heavy (non-hydrogen) atoms. The Morgan fingerprint density at radius 1 is 1.52 bits per heavy atom. The Kier molecular flexibility index (Phi) is 4.20. The smallest absolute Gasteiger partial charge is 0.354 e. The van der Waals surface area contributed by atoms with Crippen molar-refractivity contribution in [2.24, 2.45) is 5.92 Å². The lowest BCUT2D eigenvalue weighted by Crippen LogP contribution is -2.60. The van der Waals surface area contributed by atoms with E-state index >= 15 is 0 Å². The fourth-order valence-corrected chi connectivity index (χ4v) is 7.09. The fourth-order valence-electron chi connectivity index (χ4n) is 3.79. The summed E-state index contributed by atoms with van der Waals surface area (Å²) in [4.78, 5) is 29.9. The Labute approximate surface area is 154 Å². The summed E-state index contributed by atoms with van der Waals surface area (Å²) >= 11 is 2.97. The first kappa shape index (κ1) is 17.1. The van der Waals surface area contributed by atoms with Gasteiger partial charge in [0.1, 0.15) is 5.37 Å². The van der Waals surface area contributed by atoms with E-state index in [9.17, 15) is 19.8 Å². The Hall–Kier alpha value is -1.32. The molecular formula is C16H21N3O4S2. The normalized spacial score (nSPS) is 32.0. The molecule has 4 heterocycles. The zero-order valence-corrected chi connectivity index (χ0v) is 15.7. The van der Waals surface area contributed by atoms with Gasteiger partial charge in [0.25, 0.3) is 0 Å². The van der Waals surface area contributed by atoms with E-state index in [-0.39, 0.29) is 22.2 Å². The number of aliphatic hydroxyl groups excluding tert-OH is 1. The third kappa shape index (κ3) is 2.55. The summed E-state index contributed by atoms with van der Waals surface area (Å²) in [6.45, 7) is 6.53. The number of hydrogen-bond donors (Lipinski definition) is 2. The molecule has 1 unspecified atom stereocenters. The van der Waals surface area contributed by atoms with Crippen LogP contribution >= 0.6 is 23.5 Å². The molecule has 2 fully saturated rings. The van der Waals surface area contributed by atoms with Crippen LogP contribution in [0, 0.1) is 5.92 Å². The number of β-lactam (4-membered cyclic amide) rings is 1. The molecule has 0 radical (unpaired) electrons. The van der Waals surface area contributed by atoms with Gasteiger partial charge in [-0.1, -0.05) is 11.8 Å². The van der Waals surface area contributed by atoms with E-state index in [1.165, 1.54) is 22.4 Å². The van der Waals surface area contributed by atoms with Gasteiger partial charge in [0, 0.05) is 25.0 Å². The van der Waals surface area contributed by atoms with Crippen LogP contribution in [0.15, 0.2) is 21.8 Å². The first-order valence-corrected chi connectivity index (χ1v) is 10.2. The first-order chi connectivity index (χ1) is 11.9. The summed E-state index contributed by atoms with van der Waals surface area (Å²) in [6, 6.07) is 0. The molecule has 2 saturated heterocycles. The molecule has 0 aromatic heterocycles. The van der Waals surface area contributed by atoms with E-state index in [1.807, 2.05) is 0 Å². The molecule has 0 bridgehead atoms. The molecule has 7 nitrogen and oxygen atoms in total. The van der Waals surface area contributed by atoms with Crippen LogP contribution in [-0.2, 0) is 9.59 Å². The molecule has 0 spiro atoms. The van der Waals surface area contributed by atoms with Gasteiger partial charge in [-0.3, -0.25) is 9.69 Å². The van der Waals surface area contributed by atoms with Crippen LogP contribution in [0.5, 0.6) is 0 Å². The molecule has 0 aromatic carbocycles. The number of hydrogen-bond acceptors (Lipinski definition) is 7. The maximum absolute atomic E-state index is 12.3. The van der Waals surface area contributed by atoms with Gasteiger partial charge in [-0.25, -0.2) is 4.79 Å². The highest BCUT2D eigenvalue weighted by molar-refractivity contribution is 8.23. The van der Waals surface area contributed by atoms with Crippen molar-refractivity contribution in [3.05, 3.63) is 21.8 Å². The molecule has 2 N–H and O–H groups in total. The predicted octanol–water partition coefficient (Wildman–Crippen LogP) is 1.09. The van der Waals surface area contributed by atoms with Crippen LogP contribution in [0.4, 0.5) is 0 Å². The van der Waals surface area contributed by atoms with Crippen molar-refractivity contribution in [2.45, 2.75) is 37.0 Å². The number of carbonyl (C=O) groups is 2. The maximum atomic E-state index is 12.3. The zero-order valence-electron chi connectivity index (χ0n) is 14.1. The van der Waals surface area contributed by atoms with Crippen molar-refractivity contribution in [3.8, 4) is 0 Å². The second kappa shape index (κ2) is 6.14. The molecular weight excluding hydrogens is 362 g/mol. The van der Waals surface area contributed by atoms with Crippen molar-refractivity contribution in [3.63, 3.8) is 0 Å². The molecule has 4 aliphatic heterocycles. The number of aliphatic carboxylic acids is 1. The number of nitrogens with zero attached hydrogens (tertiary/aromatic N) is 3. The summed E-state index contributed by atoms with van der Waals surface area (Å²) in [5.41, 5.74) is 1.34. The third-order valence-corrected chi connectivity index (χ3v) is 8.05. The second-order valence-corrected chi connectivity index (χ2v) is 9.28. The lowest BCUT2D eigenvalue weighted by Gasteiger charge is -2.43. The minimum atomic E-state index is -1.07. The lowest BCUT2D eigenvalue weighted by atomic mass is 9.92. The number of aliphatic hydroxyl groups is 1. The predicted molar refractivity (Wildman–Crippen MR) is 96.1 cm³/mol. The zero-order chi connectivity index (χ0) is 17.9. The van der Waals surface area contributed by atoms with E-state index in [2.05, 4.69) is 22.9 Å². The molecule has 4 rings (SSSR count). The average Bonchev–Trinajstić information content (AvgIpc) is 3.19. The summed E-state index contributed by atoms with van der Waals surface area (Å²) < 4.78 is 0.691.